The number of nitrogens with zero attached hydrogens (tertiary/aromatic N) is 1. The number of aromatic nitrogens is 1. The molecule has 1 aromatic carbocycles. The molecule has 0 unspecified atom stereocenters. The molecule has 4 nitrogen and oxygen atoms in total. The summed E-state index contributed by atoms with van der Waals surface area (Å²) >= 11 is 8.87. The van der Waals surface area contributed by atoms with Gasteiger partial charge in [-0.1, -0.05) is 18.5 Å². The van der Waals surface area contributed by atoms with Crippen LogP contribution < -0.4 is 10.1 Å². The summed E-state index contributed by atoms with van der Waals surface area (Å²) in [6.45, 7) is 3.40. The lowest BCUT2D eigenvalue weighted by molar-refractivity contribution is 0.328. The summed E-state index contributed by atoms with van der Waals surface area (Å²) in [5.74, 6) is -0.321. The van der Waals surface area contributed by atoms with Gasteiger partial charge in [0.25, 0.3) is 0 Å². The van der Waals surface area contributed by atoms with E-state index in [1.165, 1.54) is 18.4 Å². The fraction of sp³-hybridized carbons (Fsp3) is 0.250. The van der Waals surface area contributed by atoms with Crippen LogP contribution in [0.2, 0.25) is 5.02 Å². The highest BCUT2D eigenvalue weighted by Crippen LogP contribution is 2.33. The summed E-state index contributed by atoms with van der Waals surface area (Å²) in [7, 11) is 0. The van der Waals surface area contributed by atoms with Crippen LogP contribution in [0.15, 0.2) is 27.3 Å². The van der Waals surface area contributed by atoms with Gasteiger partial charge in [0, 0.05) is 12.6 Å². The summed E-state index contributed by atoms with van der Waals surface area (Å²) in [5, 5.41) is 3.12. The van der Waals surface area contributed by atoms with Crippen molar-refractivity contribution in [1.82, 2.24) is 10.3 Å². The monoisotopic (exact) mass is 348 g/mol. The number of oxazole rings is 1. The van der Waals surface area contributed by atoms with Crippen molar-refractivity contribution in [1.29, 1.82) is 0 Å². The van der Waals surface area contributed by atoms with Gasteiger partial charge in [-0.15, -0.1) is 0 Å². The lowest BCUT2D eigenvalue weighted by Gasteiger charge is -2.04. The van der Waals surface area contributed by atoms with E-state index >= 15 is 0 Å². The zero-order valence-corrected chi connectivity index (χ0v) is 12.4. The maximum atomic E-state index is 13.3. The molecule has 1 heterocycles. The SMILES string of the molecule is CCNCc1coc(Oc2cc(F)c(Cl)cc2Br)n1. The van der Waals surface area contributed by atoms with Gasteiger partial charge in [-0.25, -0.2) is 4.39 Å². The third-order valence-electron chi connectivity index (χ3n) is 2.26. The Morgan fingerprint density at radius 3 is 3.05 bits per heavy atom. The molecular formula is C12H11BrClFN2O2. The van der Waals surface area contributed by atoms with E-state index in [4.69, 9.17) is 20.8 Å². The third kappa shape index (κ3) is 3.68. The molecule has 102 valence electrons. The number of nitrogens with one attached hydrogen (secondary N) is 1. The summed E-state index contributed by atoms with van der Waals surface area (Å²) < 4.78 is 24.4. The molecule has 0 saturated carbocycles. The lowest BCUT2D eigenvalue weighted by Crippen LogP contribution is -2.11. The maximum absolute atomic E-state index is 13.3. The van der Waals surface area contributed by atoms with E-state index < -0.39 is 5.82 Å². The molecule has 0 atom stereocenters. The van der Waals surface area contributed by atoms with Crippen LogP contribution >= 0.6 is 27.5 Å². The highest BCUT2D eigenvalue weighted by atomic mass is 79.9. The lowest BCUT2D eigenvalue weighted by atomic mass is 10.3. The highest BCUT2D eigenvalue weighted by molar-refractivity contribution is 9.10. The smallest absolute Gasteiger partial charge is 0.399 e. The van der Waals surface area contributed by atoms with Crippen LogP contribution in [0, 0.1) is 5.82 Å². The molecule has 1 aromatic heterocycles. The van der Waals surface area contributed by atoms with Crippen molar-refractivity contribution in [3.63, 3.8) is 0 Å². The topological polar surface area (TPSA) is 47.3 Å². The summed E-state index contributed by atoms with van der Waals surface area (Å²) in [4.78, 5) is 4.11. The van der Waals surface area contributed by atoms with Gasteiger partial charge in [0.1, 0.15) is 17.8 Å². The molecule has 0 spiro atoms. The number of halogens is 3. The minimum Gasteiger partial charge on any atom is -0.417 e. The molecule has 0 radical (unpaired) electrons. The number of hydrogen-bond acceptors (Lipinski definition) is 4. The van der Waals surface area contributed by atoms with E-state index in [0.29, 0.717) is 16.7 Å². The molecular weight excluding hydrogens is 338 g/mol. The summed E-state index contributed by atoms with van der Waals surface area (Å²) in [6, 6.07) is 2.58. The summed E-state index contributed by atoms with van der Waals surface area (Å²) in [6.07, 6.45) is 1.54. The first-order valence-electron chi connectivity index (χ1n) is 5.57. The Labute approximate surface area is 123 Å². The molecule has 2 aromatic rings. The van der Waals surface area contributed by atoms with Crippen molar-refractivity contribution in [2.45, 2.75) is 13.5 Å². The van der Waals surface area contributed by atoms with Crippen molar-refractivity contribution in [3.8, 4) is 11.8 Å². The molecule has 19 heavy (non-hydrogen) atoms. The Bertz CT molecular complexity index is 577. The predicted octanol–water partition coefficient (Wildman–Crippen LogP) is 4.13. The second kappa shape index (κ2) is 6.36. The largest absolute Gasteiger partial charge is 0.417 e. The Morgan fingerprint density at radius 1 is 1.53 bits per heavy atom. The van der Waals surface area contributed by atoms with Crippen LogP contribution in [0.5, 0.6) is 11.8 Å². The first kappa shape index (κ1) is 14.3. The van der Waals surface area contributed by atoms with E-state index in [9.17, 15) is 4.39 Å². The quantitative estimate of drug-likeness (QED) is 0.825. The van der Waals surface area contributed by atoms with Gasteiger partial charge >= 0.3 is 6.08 Å². The Balaban J connectivity index is 2.12. The Kier molecular flexibility index (Phi) is 4.79. The molecule has 0 amide bonds. The number of rotatable bonds is 5. The fourth-order valence-electron chi connectivity index (χ4n) is 1.35. The van der Waals surface area contributed by atoms with E-state index in [1.807, 2.05) is 6.92 Å². The Morgan fingerprint density at radius 2 is 2.32 bits per heavy atom. The van der Waals surface area contributed by atoms with E-state index in [0.717, 1.165) is 6.54 Å². The first-order valence-corrected chi connectivity index (χ1v) is 6.74. The van der Waals surface area contributed by atoms with Gasteiger partial charge in [0.2, 0.25) is 0 Å². The average molecular weight is 350 g/mol. The fourth-order valence-corrected chi connectivity index (χ4v) is 2.07. The van der Waals surface area contributed by atoms with Crippen LogP contribution in [-0.2, 0) is 6.54 Å². The van der Waals surface area contributed by atoms with Crippen molar-refractivity contribution < 1.29 is 13.5 Å². The minimum atomic E-state index is -0.570. The second-order valence-corrected chi connectivity index (χ2v) is 4.95. The van der Waals surface area contributed by atoms with Gasteiger partial charge in [-0.05, 0) is 28.5 Å². The molecule has 0 saturated heterocycles. The normalized spacial score (nSPS) is 10.7. The van der Waals surface area contributed by atoms with E-state index in [1.54, 1.807) is 0 Å². The number of benzene rings is 1. The molecule has 0 fully saturated rings. The van der Waals surface area contributed by atoms with Gasteiger partial charge in [-0.3, -0.25) is 0 Å². The zero-order valence-electron chi connectivity index (χ0n) is 10.0. The number of ether oxygens (including phenoxy) is 1. The average Bonchev–Trinajstić information content (AvgIpc) is 2.81. The van der Waals surface area contributed by atoms with Gasteiger partial charge in [0.15, 0.2) is 0 Å². The van der Waals surface area contributed by atoms with Crippen molar-refractivity contribution in [3.05, 3.63) is 39.4 Å². The van der Waals surface area contributed by atoms with E-state index in [-0.39, 0.29) is 16.8 Å². The molecule has 0 aliphatic carbocycles. The molecule has 0 aliphatic rings. The molecule has 0 bridgehead atoms. The maximum Gasteiger partial charge on any atom is 0.399 e. The van der Waals surface area contributed by atoms with Gasteiger partial charge < -0.3 is 14.5 Å². The number of hydrogen-bond donors (Lipinski definition) is 1. The minimum absolute atomic E-state index is 0.0134. The summed E-state index contributed by atoms with van der Waals surface area (Å²) in [5.41, 5.74) is 0.711. The molecule has 7 heteroatoms. The molecule has 0 aliphatic heterocycles. The van der Waals surface area contributed by atoms with Crippen LogP contribution in [0.4, 0.5) is 4.39 Å². The first-order chi connectivity index (χ1) is 9.10. The third-order valence-corrected chi connectivity index (χ3v) is 3.17. The van der Waals surface area contributed by atoms with Crippen molar-refractivity contribution in [2.24, 2.45) is 0 Å². The highest BCUT2D eigenvalue weighted by Gasteiger charge is 2.12. The molecule has 2 rings (SSSR count). The van der Waals surface area contributed by atoms with Crippen molar-refractivity contribution >= 4 is 27.5 Å². The van der Waals surface area contributed by atoms with Crippen molar-refractivity contribution in [2.75, 3.05) is 6.54 Å². The zero-order chi connectivity index (χ0) is 13.8. The van der Waals surface area contributed by atoms with Crippen LogP contribution in [0.1, 0.15) is 12.6 Å². The Hall–Kier alpha value is -1.11. The van der Waals surface area contributed by atoms with Gasteiger partial charge in [-0.2, -0.15) is 4.98 Å². The van der Waals surface area contributed by atoms with Gasteiger partial charge in [0.05, 0.1) is 15.2 Å². The van der Waals surface area contributed by atoms with Crippen LogP contribution in [-0.4, -0.2) is 11.5 Å². The predicted molar refractivity (Wildman–Crippen MR) is 73.1 cm³/mol. The van der Waals surface area contributed by atoms with Crippen LogP contribution in [0.25, 0.3) is 0 Å². The van der Waals surface area contributed by atoms with E-state index in [2.05, 4.69) is 26.2 Å². The van der Waals surface area contributed by atoms with Crippen LogP contribution in [0.3, 0.4) is 0 Å². The molecule has 1 N–H and O–H groups in total. The second-order valence-electron chi connectivity index (χ2n) is 3.68. The standard InChI is InChI=1S/C12H11BrClFN2O2/c1-2-16-5-7-6-18-12(17-7)19-11-4-10(15)9(14)3-8(11)13/h3-4,6,16H,2,5H2,1H3.